The Balaban J connectivity index is 2.00. The van der Waals surface area contributed by atoms with Crippen molar-refractivity contribution in [2.45, 2.75) is 32.7 Å². The summed E-state index contributed by atoms with van der Waals surface area (Å²) in [4.78, 5) is 10.6. The first-order chi connectivity index (χ1) is 6.60. The Morgan fingerprint density at radius 1 is 1.71 bits per heavy atom. The Morgan fingerprint density at radius 2 is 2.43 bits per heavy atom. The van der Waals surface area contributed by atoms with Gasteiger partial charge >= 0.3 is 5.97 Å². The van der Waals surface area contributed by atoms with Crippen molar-refractivity contribution in [1.82, 2.24) is 9.78 Å². The van der Waals surface area contributed by atoms with Gasteiger partial charge in [0.05, 0.1) is 12.6 Å². The smallest absolute Gasteiger partial charge is 0.303 e. The molecule has 14 heavy (non-hydrogen) atoms. The third-order valence-corrected chi connectivity index (χ3v) is 2.74. The minimum absolute atomic E-state index is 0.00963. The number of hydrogen-bond donors (Lipinski definition) is 1. The second-order valence-corrected chi connectivity index (χ2v) is 4.29. The number of carboxylic acid groups (broad SMARTS) is 1. The highest BCUT2D eigenvalue weighted by Gasteiger charge is 2.44. The van der Waals surface area contributed by atoms with Gasteiger partial charge < -0.3 is 5.11 Å². The summed E-state index contributed by atoms with van der Waals surface area (Å²) in [6, 6.07) is 0. The van der Waals surface area contributed by atoms with E-state index in [9.17, 15) is 4.79 Å². The molecule has 0 aliphatic heterocycles. The van der Waals surface area contributed by atoms with Crippen molar-refractivity contribution in [2.24, 2.45) is 5.41 Å². The molecule has 2 rings (SSSR count). The summed E-state index contributed by atoms with van der Waals surface area (Å²) in [5.41, 5.74) is 1.11. The van der Waals surface area contributed by atoms with E-state index in [1.54, 1.807) is 6.20 Å². The lowest BCUT2D eigenvalue weighted by molar-refractivity contribution is -0.138. The molecule has 1 aliphatic rings. The van der Waals surface area contributed by atoms with Gasteiger partial charge in [-0.1, -0.05) is 0 Å². The fourth-order valence-electron chi connectivity index (χ4n) is 1.79. The molecule has 1 saturated carbocycles. The van der Waals surface area contributed by atoms with Crippen LogP contribution in [0.5, 0.6) is 0 Å². The zero-order valence-electron chi connectivity index (χ0n) is 8.23. The normalized spacial score (nSPS) is 18.1. The molecule has 76 valence electrons. The number of aliphatic carboxylic acids is 1. The molecule has 0 aromatic carbocycles. The van der Waals surface area contributed by atoms with Crippen LogP contribution in [-0.2, 0) is 11.3 Å². The molecule has 1 fully saturated rings. The summed E-state index contributed by atoms with van der Waals surface area (Å²) in [7, 11) is 0. The fraction of sp³-hybridized carbons (Fsp3) is 0.600. The quantitative estimate of drug-likeness (QED) is 0.789. The Labute approximate surface area is 82.5 Å². The van der Waals surface area contributed by atoms with Crippen LogP contribution in [0.1, 0.15) is 24.8 Å². The van der Waals surface area contributed by atoms with E-state index in [-0.39, 0.29) is 11.8 Å². The van der Waals surface area contributed by atoms with Crippen LogP contribution in [0.2, 0.25) is 0 Å². The Kier molecular flexibility index (Phi) is 2.06. The predicted octanol–water partition coefficient (Wildman–Crippen LogP) is 1.45. The topological polar surface area (TPSA) is 55.1 Å². The Morgan fingerprint density at radius 3 is 2.86 bits per heavy atom. The number of rotatable bonds is 4. The van der Waals surface area contributed by atoms with Crippen molar-refractivity contribution in [1.29, 1.82) is 0 Å². The zero-order valence-corrected chi connectivity index (χ0v) is 8.23. The number of aryl methyl sites for hydroxylation is 1. The average Bonchev–Trinajstić information content (AvgIpc) is 2.67. The van der Waals surface area contributed by atoms with Crippen LogP contribution in [0, 0.1) is 12.3 Å². The van der Waals surface area contributed by atoms with Crippen molar-refractivity contribution in [2.75, 3.05) is 0 Å². The third kappa shape index (κ3) is 1.95. The number of carboxylic acids is 1. The van der Waals surface area contributed by atoms with Crippen molar-refractivity contribution in [3.8, 4) is 0 Å². The standard InChI is InChI=1S/C10H14N2O2/c1-8-5-11-12(6-8)7-10(2-3-10)4-9(13)14/h5-6H,2-4,7H2,1H3,(H,13,14). The van der Waals surface area contributed by atoms with Gasteiger partial charge in [0, 0.05) is 18.2 Å². The van der Waals surface area contributed by atoms with Crippen LogP contribution < -0.4 is 0 Å². The minimum atomic E-state index is -0.702. The first kappa shape index (κ1) is 9.24. The molecule has 4 nitrogen and oxygen atoms in total. The second-order valence-electron chi connectivity index (χ2n) is 4.29. The summed E-state index contributed by atoms with van der Waals surface area (Å²) in [5, 5.41) is 12.9. The summed E-state index contributed by atoms with van der Waals surface area (Å²) < 4.78 is 1.85. The lowest BCUT2D eigenvalue weighted by atomic mass is 10.0. The maximum Gasteiger partial charge on any atom is 0.303 e. The average molecular weight is 194 g/mol. The lowest BCUT2D eigenvalue weighted by Crippen LogP contribution is -2.16. The van der Waals surface area contributed by atoms with Gasteiger partial charge in [-0.05, 0) is 25.3 Å². The number of aromatic nitrogens is 2. The fourth-order valence-corrected chi connectivity index (χ4v) is 1.79. The van der Waals surface area contributed by atoms with Crippen LogP contribution in [0.25, 0.3) is 0 Å². The highest BCUT2D eigenvalue weighted by molar-refractivity contribution is 5.68. The van der Waals surface area contributed by atoms with Crippen molar-refractivity contribution < 1.29 is 9.90 Å². The molecule has 1 aromatic rings. The first-order valence-corrected chi connectivity index (χ1v) is 4.81. The molecule has 0 spiro atoms. The molecule has 0 saturated heterocycles. The molecular formula is C10H14N2O2. The van der Waals surface area contributed by atoms with Gasteiger partial charge in [-0.3, -0.25) is 9.48 Å². The van der Waals surface area contributed by atoms with Gasteiger partial charge in [0.25, 0.3) is 0 Å². The lowest BCUT2D eigenvalue weighted by Gasteiger charge is -2.11. The summed E-state index contributed by atoms with van der Waals surface area (Å²) >= 11 is 0. The molecule has 1 N–H and O–H groups in total. The molecular weight excluding hydrogens is 180 g/mol. The Hall–Kier alpha value is -1.32. The molecule has 0 amide bonds. The molecule has 0 radical (unpaired) electrons. The SMILES string of the molecule is Cc1cnn(CC2(CC(=O)O)CC2)c1. The van der Waals surface area contributed by atoms with Crippen LogP contribution in [-0.4, -0.2) is 20.9 Å². The molecule has 1 heterocycles. The van der Waals surface area contributed by atoms with Crippen molar-refractivity contribution in [3.05, 3.63) is 18.0 Å². The number of hydrogen-bond acceptors (Lipinski definition) is 2. The monoisotopic (exact) mass is 194 g/mol. The van der Waals surface area contributed by atoms with E-state index in [2.05, 4.69) is 5.10 Å². The molecule has 4 heteroatoms. The highest BCUT2D eigenvalue weighted by atomic mass is 16.4. The number of nitrogens with zero attached hydrogens (tertiary/aromatic N) is 2. The van der Waals surface area contributed by atoms with E-state index < -0.39 is 5.97 Å². The minimum Gasteiger partial charge on any atom is -0.481 e. The van der Waals surface area contributed by atoms with Crippen molar-refractivity contribution in [3.63, 3.8) is 0 Å². The van der Waals surface area contributed by atoms with Gasteiger partial charge in [-0.2, -0.15) is 5.10 Å². The maximum absolute atomic E-state index is 10.6. The second kappa shape index (κ2) is 3.12. The number of carbonyl (C=O) groups is 1. The predicted molar refractivity (Wildman–Crippen MR) is 50.9 cm³/mol. The van der Waals surface area contributed by atoms with Gasteiger partial charge in [-0.25, -0.2) is 0 Å². The van der Waals surface area contributed by atoms with E-state index in [1.165, 1.54) is 0 Å². The van der Waals surface area contributed by atoms with Crippen LogP contribution >= 0.6 is 0 Å². The summed E-state index contributed by atoms with van der Waals surface area (Å²) in [5.74, 6) is -0.702. The van der Waals surface area contributed by atoms with Crippen LogP contribution in [0.3, 0.4) is 0 Å². The third-order valence-electron chi connectivity index (χ3n) is 2.74. The molecule has 1 aromatic heterocycles. The van der Waals surface area contributed by atoms with Gasteiger partial charge in [-0.15, -0.1) is 0 Å². The van der Waals surface area contributed by atoms with E-state index in [0.717, 1.165) is 24.9 Å². The van der Waals surface area contributed by atoms with Gasteiger partial charge in [0.15, 0.2) is 0 Å². The van der Waals surface area contributed by atoms with E-state index >= 15 is 0 Å². The van der Waals surface area contributed by atoms with Crippen LogP contribution in [0.15, 0.2) is 12.4 Å². The van der Waals surface area contributed by atoms with Gasteiger partial charge in [0.2, 0.25) is 0 Å². The molecule has 0 atom stereocenters. The Bertz CT molecular complexity index is 353. The highest BCUT2D eigenvalue weighted by Crippen LogP contribution is 2.50. The zero-order chi connectivity index (χ0) is 10.2. The summed E-state index contributed by atoms with van der Waals surface area (Å²) in [6.45, 7) is 2.73. The molecule has 0 unspecified atom stereocenters. The van der Waals surface area contributed by atoms with E-state index in [1.807, 2.05) is 17.8 Å². The van der Waals surface area contributed by atoms with E-state index in [4.69, 9.17) is 5.11 Å². The molecule has 1 aliphatic carbocycles. The molecule has 0 bridgehead atoms. The maximum atomic E-state index is 10.6. The van der Waals surface area contributed by atoms with Crippen molar-refractivity contribution >= 4 is 5.97 Å². The first-order valence-electron chi connectivity index (χ1n) is 4.81. The van der Waals surface area contributed by atoms with Gasteiger partial charge in [0.1, 0.15) is 0 Å². The largest absolute Gasteiger partial charge is 0.481 e. The summed E-state index contributed by atoms with van der Waals surface area (Å²) in [6.07, 6.45) is 6.06. The van der Waals surface area contributed by atoms with E-state index in [0.29, 0.717) is 0 Å². The van der Waals surface area contributed by atoms with Crippen LogP contribution in [0.4, 0.5) is 0 Å².